The van der Waals surface area contributed by atoms with Crippen molar-refractivity contribution in [3.8, 4) is 0 Å². The SMILES string of the molecule is CCC1CCC(C2CCCCC2)N1CC. The largest absolute Gasteiger partial charge is 0.297 e. The molecule has 1 saturated heterocycles. The predicted molar refractivity (Wildman–Crippen MR) is 66.1 cm³/mol. The van der Waals surface area contributed by atoms with Gasteiger partial charge in [0.2, 0.25) is 0 Å². The molecule has 1 aliphatic carbocycles. The highest BCUT2D eigenvalue weighted by Gasteiger charge is 2.36. The summed E-state index contributed by atoms with van der Waals surface area (Å²) in [5.41, 5.74) is 0. The van der Waals surface area contributed by atoms with Crippen LogP contribution in [0, 0.1) is 5.92 Å². The number of rotatable bonds is 3. The van der Waals surface area contributed by atoms with Gasteiger partial charge in [-0.1, -0.05) is 33.1 Å². The van der Waals surface area contributed by atoms with Gasteiger partial charge < -0.3 is 0 Å². The molecule has 88 valence electrons. The second-order valence-corrected chi connectivity index (χ2v) is 5.44. The lowest BCUT2D eigenvalue weighted by Crippen LogP contribution is -2.40. The van der Waals surface area contributed by atoms with Crippen molar-refractivity contribution in [3.05, 3.63) is 0 Å². The zero-order valence-electron chi connectivity index (χ0n) is 10.5. The van der Waals surface area contributed by atoms with Crippen molar-refractivity contribution >= 4 is 0 Å². The molecule has 1 saturated carbocycles. The minimum absolute atomic E-state index is 0.905. The molecule has 0 amide bonds. The highest BCUT2D eigenvalue weighted by molar-refractivity contribution is 4.91. The average Bonchev–Trinajstić information content (AvgIpc) is 2.72. The van der Waals surface area contributed by atoms with Crippen LogP contribution in [0.1, 0.15) is 65.2 Å². The topological polar surface area (TPSA) is 3.24 Å². The summed E-state index contributed by atoms with van der Waals surface area (Å²) in [4.78, 5) is 2.82. The highest BCUT2D eigenvalue weighted by atomic mass is 15.2. The maximum atomic E-state index is 2.82. The normalized spacial score (nSPS) is 34.8. The number of likely N-dealkylation sites (tertiary alicyclic amines) is 1. The molecule has 2 fully saturated rings. The van der Waals surface area contributed by atoms with Gasteiger partial charge >= 0.3 is 0 Å². The number of hydrogen-bond acceptors (Lipinski definition) is 1. The van der Waals surface area contributed by atoms with E-state index in [9.17, 15) is 0 Å². The van der Waals surface area contributed by atoms with Crippen LogP contribution in [0.25, 0.3) is 0 Å². The summed E-state index contributed by atoms with van der Waals surface area (Å²) in [6.07, 6.45) is 11.8. The molecule has 1 heterocycles. The molecule has 1 aliphatic heterocycles. The van der Waals surface area contributed by atoms with Crippen LogP contribution >= 0.6 is 0 Å². The van der Waals surface area contributed by atoms with Crippen molar-refractivity contribution < 1.29 is 0 Å². The van der Waals surface area contributed by atoms with Gasteiger partial charge in [0.05, 0.1) is 0 Å². The third-order valence-electron chi connectivity index (χ3n) is 4.72. The fourth-order valence-electron chi connectivity index (χ4n) is 3.92. The molecular formula is C14H27N. The number of nitrogens with zero attached hydrogens (tertiary/aromatic N) is 1. The molecule has 2 rings (SSSR count). The molecule has 2 atom stereocenters. The van der Waals surface area contributed by atoms with Crippen LogP contribution in [-0.4, -0.2) is 23.5 Å². The molecule has 0 N–H and O–H groups in total. The summed E-state index contributed by atoms with van der Waals surface area (Å²) in [5.74, 6) is 1.04. The molecule has 0 radical (unpaired) electrons. The second-order valence-electron chi connectivity index (χ2n) is 5.44. The quantitative estimate of drug-likeness (QED) is 0.683. The van der Waals surface area contributed by atoms with Crippen LogP contribution in [0.4, 0.5) is 0 Å². The van der Waals surface area contributed by atoms with E-state index in [0.717, 1.165) is 18.0 Å². The first-order chi connectivity index (χ1) is 7.36. The van der Waals surface area contributed by atoms with Crippen molar-refractivity contribution in [1.82, 2.24) is 4.90 Å². The Labute approximate surface area is 95.2 Å². The van der Waals surface area contributed by atoms with E-state index < -0.39 is 0 Å². The highest BCUT2D eigenvalue weighted by Crippen LogP contribution is 2.37. The van der Waals surface area contributed by atoms with Crippen molar-refractivity contribution in [2.75, 3.05) is 6.54 Å². The van der Waals surface area contributed by atoms with Crippen molar-refractivity contribution in [1.29, 1.82) is 0 Å². The standard InChI is InChI=1S/C14H27N/c1-3-13-10-11-14(15(13)4-2)12-8-6-5-7-9-12/h12-14H,3-11H2,1-2H3. The Morgan fingerprint density at radius 2 is 1.67 bits per heavy atom. The lowest BCUT2D eigenvalue weighted by molar-refractivity contribution is 0.128. The van der Waals surface area contributed by atoms with Crippen molar-refractivity contribution in [2.45, 2.75) is 77.3 Å². The van der Waals surface area contributed by atoms with Crippen molar-refractivity contribution in [3.63, 3.8) is 0 Å². The van der Waals surface area contributed by atoms with Gasteiger partial charge in [0.1, 0.15) is 0 Å². The molecule has 1 nitrogen and oxygen atoms in total. The van der Waals surface area contributed by atoms with Gasteiger partial charge in [-0.2, -0.15) is 0 Å². The minimum atomic E-state index is 0.905. The summed E-state index contributed by atoms with van der Waals surface area (Å²) in [7, 11) is 0. The van der Waals surface area contributed by atoms with Crippen LogP contribution in [-0.2, 0) is 0 Å². The molecule has 0 bridgehead atoms. The summed E-state index contributed by atoms with van der Waals surface area (Å²) in [6.45, 7) is 5.99. The van der Waals surface area contributed by atoms with E-state index in [0.29, 0.717) is 0 Å². The first-order valence-electron chi connectivity index (χ1n) is 7.12. The van der Waals surface area contributed by atoms with Crippen LogP contribution < -0.4 is 0 Å². The van der Waals surface area contributed by atoms with E-state index in [2.05, 4.69) is 18.7 Å². The zero-order valence-corrected chi connectivity index (χ0v) is 10.5. The molecule has 0 aromatic carbocycles. The molecule has 1 heteroatoms. The Kier molecular flexibility index (Phi) is 4.07. The average molecular weight is 209 g/mol. The maximum Gasteiger partial charge on any atom is 0.0127 e. The van der Waals surface area contributed by atoms with Gasteiger partial charge in [-0.05, 0) is 44.6 Å². The minimum Gasteiger partial charge on any atom is -0.297 e. The van der Waals surface area contributed by atoms with Gasteiger partial charge in [-0.15, -0.1) is 0 Å². The Bertz CT molecular complexity index is 184. The third kappa shape index (κ3) is 2.38. The predicted octanol–water partition coefficient (Wildman–Crippen LogP) is 3.83. The van der Waals surface area contributed by atoms with E-state index in [4.69, 9.17) is 0 Å². The Hall–Kier alpha value is -0.0400. The van der Waals surface area contributed by atoms with E-state index >= 15 is 0 Å². The fraction of sp³-hybridized carbons (Fsp3) is 1.00. The zero-order chi connectivity index (χ0) is 10.7. The maximum absolute atomic E-state index is 2.82. The van der Waals surface area contributed by atoms with E-state index in [-0.39, 0.29) is 0 Å². The molecule has 0 aromatic heterocycles. The first-order valence-corrected chi connectivity index (χ1v) is 7.12. The van der Waals surface area contributed by atoms with E-state index in [1.54, 1.807) is 0 Å². The molecule has 15 heavy (non-hydrogen) atoms. The van der Waals surface area contributed by atoms with Crippen LogP contribution in [0.2, 0.25) is 0 Å². The molecule has 2 unspecified atom stereocenters. The van der Waals surface area contributed by atoms with Gasteiger partial charge in [0.15, 0.2) is 0 Å². The van der Waals surface area contributed by atoms with Gasteiger partial charge in [0.25, 0.3) is 0 Å². The van der Waals surface area contributed by atoms with Gasteiger partial charge in [0, 0.05) is 12.1 Å². The molecule has 0 spiro atoms. The molecule has 2 aliphatic rings. The summed E-state index contributed by atoms with van der Waals surface area (Å²) in [5, 5.41) is 0. The Balaban J connectivity index is 1.95. The van der Waals surface area contributed by atoms with Crippen LogP contribution in [0.5, 0.6) is 0 Å². The summed E-state index contributed by atoms with van der Waals surface area (Å²) >= 11 is 0. The lowest BCUT2D eigenvalue weighted by atomic mass is 9.83. The van der Waals surface area contributed by atoms with E-state index in [1.165, 1.54) is 57.9 Å². The fourth-order valence-corrected chi connectivity index (χ4v) is 3.92. The first kappa shape index (κ1) is 11.4. The van der Waals surface area contributed by atoms with E-state index in [1.807, 2.05) is 0 Å². The van der Waals surface area contributed by atoms with Gasteiger partial charge in [-0.3, -0.25) is 4.90 Å². The smallest absolute Gasteiger partial charge is 0.0127 e. The number of hydrogen-bond donors (Lipinski definition) is 0. The third-order valence-corrected chi connectivity index (χ3v) is 4.72. The van der Waals surface area contributed by atoms with Gasteiger partial charge in [-0.25, -0.2) is 0 Å². The van der Waals surface area contributed by atoms with Crippen molar-refractivity contribution in [2.24, 2.45) is 5.92 Å². The monoisotopic (exact) mass is 209 g/mol. The molecule has 0 aromatic rings. The van der Waals surface area contributed by atoms with Crippen LogP contribution in [0.3, 0.4) is 0 Å². The Morgan fingerprint density at radius 3 is 2.27 bits per heavy atom. The van der Waals surface area contributed by atoms with Crippen LogP contribution in [0.15, 0.2) is 0 Å². The summed E-state index contributed by atoms with van der Waals surface area (Å²) < 4.78 is 0. The lowest BCUT2D eigenvalue weighted by Gasteiger charge is -2.36. The molecular weight excluding hydrogens is 182 g/mol. The summed E-state index contributed by atoms with van der Waals surface area (Å²) in [6, 6.07) is 1.85. The Morgan fingerprint density at radius 1 is 0.933 bits per heavy atom. The second kappa shape index (κ2) is 5.34.